The highest BCUT2D eigenvalue weighted by molar-refractivity contribution is 5.80. The monoisotopic (exact) mass is 268 g/mol. The summed E-state index contributed by atoms with van der Waals surface area (Å²) >= 11 is 0. The van der Waals surface area contributed by atoms with Crippen LogP contribution in [-0.4, -0.2) is 10.9 Å². The van der Waals surface area contributed by atoms with Crippen molar-refractivity contribution in [3.63, 3.8) is 0 Å². The van der Waals surface area contributed by atoms with Gasteiger partial charge in [0.15, 0.2) is 0 Å². The highest BCUT2D eigenvalue weighted by Crippen LogP contribution is 2.23. The Morgan fingerprint density at radius 1 is 1.20 bits per heavy atom. The molecule has 1 N–H and O–H groups in total. The maximum absolute atomic E-state index is 12.1. The molecule has 0 atom stereocenters. The maximum Gasteiger partial charge on any atom is 0.223 e. The number of fused-ring (bicyclic) bond motifs is 1. The smallest absolute Gasteiger partial charge is 0.223 e. The number of nitrogens with one attached hydrogen (secondary N) is 1. The van der Waals surface area contributed by atoms with Crippen LogP contribution in [0.15, 0.2) is 36.5 Å². The lowest BCUT2D eigenvalue weighted by molar-refractivity contribution is -0.126. The van der Waals surface area contributed by atoms with Crippen molar-refractivity contribution >= 4 is 16.8 Å². The van der Waals surface area contributed by atoms with Gasteiger partial charge in [-0.2, -0.15) is 0 Å². The normalized spacial score (nSPS) is 16.2. The number of rotatable bonds is 3. The van der Waals surface area contributed by atoms with Crippen LogP contribution in [0.25, 0.3) is 10.9 Å². The second-order valence-corrected chi connectivity index (χ2v) is 5.59. The van der Waals surface area contributed by atoms with E-state index in [1.165, 1.54) is 19.3 Å². The highest BCUT2D eigenvalue weighted by atomic mass is 16.1. The second kappa shape index (κ2) is 6.04. The number of pyridine rings is 1. The Morgan fingerprint density at radius 2 is 2.00 bits per heavy atom. The maximum atomic E-state index is 12.1. The summed E-state index contributed by atoms with van der Waals surface area (Å²) in [5.74, 6) is 0.426. The van der Waals surface area contributed by atoms with Crippen molar-refractivity contribution in [1.29, 1.82) is 0 Å². The first-order chi connectivity index (χ1) is 9.83. The van der Waals surface area contributed by atoms with E-state index in [-0.39, 0.29) is 11.8 Å². The molecule has 1 aromatic heterocycles. The molecule has 104 valence electrons. The van der Waals surface area contributed by atoms with Crippen LogP contribution >= 0.6 is 0 Å². The van der Waals surface area contributed by atoms with Crippen molar-refractivity contribution in [1.82, 2.24) is 10.3 Å². The van der Waals surface area contributed by atoms with Gasteiger partial charge in [-0.25, -0.2) is 0 Å². The van der Waals surface area contributed by atoms with Gasteiger partial charge in [0.25, 0.3) is 0 Å². The topological polar surface area (TPSA) is 42.0 Å². The Hall–Kier alpha value is -1.90. The third kappa shape index (κ3) is 2.98. The first-order valence-corrected chi connectivity index (χ1v) is 7.44. The Labute approximate surface area is 119 Å². The van der Waals surface area contributed by atoms with Gasteiger partial charge in [0.1, 0.15) is 0 Å². The van der Waals surface area contributed by atoms with Gasteiger partial charge in [0.2, 0.25) is 5.91 Å². The fourth-order valence-electron chi connectivity index (χ4n) is 2.91. The number of amides is 1. The highest BCUT2D eigenvalue weighted by Gasteiger charge is 2.20. The molecule has 20 heavy (non-hydrogen) atoms. The largest absolute Gasteiger partial charge is 0.352 e. The fourth-order valence-corrected chi connectivity index (χ4v) is 2.91. The van der Waals surface area contributed by atoms with Gasteiger partial charge in [-0.1, -0.05) is 37.5 Å². The van der Waals surface area contributed by atoms with Crippen LogP contribution in [0.5, 0.6) is 0 Å². The van der Waals surface area contributed by atoms with E-state index in [2.05, 4.69) is 22.4 Å². The SMILES string of the molecule is O=C(NCc1cnc2ccccc2c1)C1CCCCC1. The minimum atomic E-state index is 0.206. The summed E-state index contributed by atoms with van der Waals surface area (Å²) in [5, 5.41) is 4.18. The zero-order valence-electron chi connectivity index (χ0n) is 11.6. The number of para-hydroxylation sites is 1. The lowest BCUT2D eigenvalue weighted by Gasteiger charge is -2.20. The van der Waals surface area contributed by atoms with Crippen LogP contribution in [0.3, 0.4) is 0 Å². The van der Waals surface area contributed by atoms with Gasteiger partial charge in [-0.3, -0.25) is 9.78 Å². The summed E-state index contributed by atoms with van der Waals surface area (Å²) < 4.78 is 0. The first-order valence-electron chi connectivity index (χ1n) is 7.44. The molecule has 0 unspecified atom stereocenters. The van der Waals surface area contributed by atoms with E-state index >= 15 is 0 Å². The van der Waals surface area contributed by atoms with E-state index in [0.717, 1.165) is 29.3 Å². The van der Waals surface area contributed by atoms with Crippen LogP contribution in [0, 0.1) is 5.92 Å². The molecule has 1 heterocycles. The minimum Gasteiger partial charge on any atom is -0.352 e. The Kier molecular flexibility index (Phi) is 3.95. The molecule has 1 saturated carbocycles. The summed E-state index contributed by atoms with van der Waals surface area (Å²) in [5.41, 5.74) is 2.06. The van der Waals surface area contributed by atoms with Gasteiger partial charge in [0.05, 0.1) is 5.52 Å². The second-order valence-electron chi connectivity index (χ2n) is 5.59. The summed E-state index contributed by atoms with van der Waals surface area (Å²) in [7, 11) is 0. The molecule has 0 bridgehead atoms. The quantitative estimate of drug-likeness (QED) is 0.926. The zero-order valence-corrected chi connectivity index (χ0v) is 11.6. The van der Waals surface area contributed by atoms with Gasteiger partial charge < -0.3 is 5.32 Å². The molecule has 3 nitrogen and oxygen atoms in total. The number of benzene rings is 1. The summed E-state index contributed by atoms with van der Waals surface area (Å²) in [6, 6.07) is 10.1. The number of carbonyl (C=O) groups is 1. The Balaban J connectivity index is 1.62. The van der Waals surface area contributed by atoms with Gasteiger partial charge in [0, 0.05) is 24.0 Å². The summed E-state index contributed by atoms with van der Waals surface area (Å²) in [6.45, 7) is 0.577. The molecular weight excluding hydrogens is 248 g/mol. The van der Waals surface area contributed by atoms with Gasteiger partial charge in [-0.05, 0) is 30.5 Å². The van der Waals surface area contributed by atoms with Crippen LogP contribution in [0.2, 0.25) is 0 Å². The molecule has 1 amide bonds. The van der Waals surface area contributed by atoms with Crippen molar-refractivity contribution < 1.29 is 4.79 Å². The number of carbonyl (C=O) groups excluding carboxylic acids is 1. The predicted octanol–water partition coefficient (Wildman–Crippen LogP) is 3.43. The van der Waals surface area contributed by atoms with E-state index in [0.29, 0.717) is 6.54 Å². The van der Waals surface area contributed by atoms with Crippen molar-refractivity contribution in [2.45, 2.75) is 38.6 Å². The van der Waals surface area contributed by atoms with Crippen LogP contribution in [0.1, 0.15) is 37.7 Å². The zero-order chi connectivity index (χ0) is 13.8. The number of aromatic nitrogens is 1. The van der Waals surface area contributed by atoms with Crippen molar-refractivity contribution in [3.8, 4) is 0 Å². The molecule has 1 aliphatic carbocycles. The van der Waals surface area contributed by atoms with Crippen molar-refractivity contribution in [2.24, 2.45) is 5.92 Å². The van der Waals surface area contributed by atoms with E-state index in [1.807, 2.05) is 24.4 Å². The molecule has 1 aromatic carbocycles. The van der Waals surface area contributed by atoms with E-state index < -0.39 is 0 Å². The summed E-state index contributed by atoms with van der Waals surface area (Å²) in [6.07, 6.45) is 7.59. The molecule has 1 fully saturated rings. The molecule has 3 heteroatoms. The Morgan fingerprint density at radius 3 is 2.85 bits per heavy atom. The average Bonchev–Trinajstić information content (AvgIpc) is 2.53. The molecule has 0 aliphatic heterocycles. The summed E-state index contributed by atoms with van der Waals surface area (Å²) in [4.78, 5) is 16.5. The molecule has 1 aliphatic rings. The molecule has 0 saturated heterocycles. The number of nitrogens with zero attached hydrogens (tertiary/aromatic N) is 1. The van der Waals surface area contributed by atoms with Crippen LogP contribution in [-0.2, 0) is 11.3 Å². The molecule has 0 spiro atoms. The number of hydrogen-bond acceptors (Lipinski definition) is 2. The average molecular weight is 268 g/mol. The molecule has 0 radical (unpaired) electrons. The third-order valence-electron chi connectivity index (χ3n) is 4.09. The fraction of sp³-hybridized carbons (Fsp3) is 0.412. The first kappa shape index (κ1) is 13.1. The van der Waals surface area contributed by atoms with Crippen molar-refractivity contribution in [3.05, 3.63) is 42.1 Å². The van der Waals surface area contributed by atoms with E-state index in [9.17, 15) is 4.79 Å². The Bertz CT molecular complexity index is 603. The van der Waals surface area contributed by atoms with E-state index in [4.69, 9.17) is 0 Å². The van der Waals surface area contributed by atoms with E-state index in [1.54, 1.807) is 0 Å². The number of hydrogen-bond donors (Lipinski definition) is 1. The molecular formula is C17H20N2O. The van der Waals surface area contributed by atoms with Gasteiger partial charge in [-0.15, -0.1) is 0 Å². The molecule has 3 rings (SSSR count). The molecule has 2 aromatic rings. The lowest BCUT2D eigenvalue weighted by atomic mass is 9.88. The van der Waals surface area contributed by atoms with Crippen molar-refractivity contribution in [2.75, 3.05) is 0 Å². The minimum absolute atomic E-state index is 0.206. The lowest BCUT2D eigenvalue weighted by Crippen LogP contribution is -2.31. The predicted molar refractivity (Wildman–Crippen MR) is 80.2 cm³/mol. The van der Waals surface area contributed by atoms with Gasteiger partial charge >= 0.3 is 0 Å². The van der Waals surface area contributed by atoms with Crippen LogP contribution in [0.4, 0.5) is 0 Å². The standard InChI is InChI=1S/C17H20N2O/c20-17(14-6-2-1-3-7-14)19-12-13-10-15-8-4-5-9-16(15)18-11-13/h4-5,8-11,14H,1-3,6-7,12H2,(H,19,20). The van der Waals surface area contributed by atoms with Crippen LogP contribution < -0.4 is 5.32 Å². The third-order valence-corrected chi connectivity index (χ3v) is 4.09.